The summed E-state index contributed by atoms with van der Waals surface area (Å²) in [6, 6.07) is 0. The van der Waals surface area contributed by atoms with Gasteiger partial charge in [-0.1, -0.05) is 11.6 Å². The lowest BCUT2D eigenvalue weighted by molar-refractivity contribution is 0.171. The highest BCUT2D eigenvalue weighted by molar-refractivity contribution is 9.10. The second-order valence-corrected chi connectivity index (χ2v) is 5.93. The minimum Gasteiger partial charge on any atom is -0.392 e. The predicted octanol–water partition coefficient (Wildman–Crippen LogP) is 3.28. The van der Waals surface area contributed by atoms with E-state index in [4.69, 9.17) is 0 Å². The van der Waals surface area contributed by atoms with Crippen molar-refractivity contribution in [1.29, 1.82) is 0 Å². The van der Waals surface area contributed by atoms with Gasteiger partial charge >= 0.3 is 0 Å². The minimum absolute atomic E-state index is 0.305. The average molecular weight is 313 g/mol. The first-order valence-corrected chi connectivity index (χ1v) is 7.41. The fraction of sp³-hybridized carbons (Fsp3) is 0.643. The largest absolute Gasteiger partial charge is 0.392 e. The van der Waals surface area contributed by atoms with Crippen LogP contribution in [0.4, 0.5) is 0 Å². The molecule has 4 heteroatoms. The minimum atomic E-state index is -0.305. The van der Waals surface area contributed by atoms with Gasteiger partial charge in [-0.3, -0.25) is 4.68 Å². The molecule has 1 aromatic heterocycles. The summed E-state index contributed by atoms with van der Waals surface area (Å²) in [6.45, 7) is 1.98. The molecule has 2 rings (SSSR count). The third kappa shape index (κ3) is 3.23. The third-order valence-corrected chi connectivity index (χ3v) is 4.60. The zero-order chi connectivity index (χ0) is 13.1. The molecule has 0 radical (unpaired) electrons. The normalized spacial score (nSPS) is 17.7. The molecule has 1 aliphatic carbocycles. The molecule has 3 nitrogen and oxygen atoms in total. The molecule has 0 fully saturated rings. The van der Waals surface area contributed by atoms with Crippen LogP contribution in [0, 0.1) is 6.92 Å². The SMILES string of the molecule is Cc1nn(C)c(CC(O)CC2=CCCCC2)c1Br. The molecule has 1 aliphatic rings. The molecular weight excluding hydrogens is 292 g/mol. The quantitative estimate of drug-likeness (QED) is 0.866. The first kappa shape index (κ1) is 13.8. The van der Waals surface area contributed by atoms with Gasteiger partial charge in [0.1, 0.15) is 0 Å². The van der Waals surface area contributed by atoms with Gasteiger partial charge in [0, 0.05) is 13.5 Å². The molecule has 1 heterocycles. The Morgan fingerprint density at radius 2 is 2.22 bits per heavy atom. The van der Waals surface area contributed by atoms with E-state index in [0.29, 0.717) is 6.42 Å². The Kier molecular flexibility index (Phi) is 4.62. The van der Waals surface area contributed by atoms with Crippen molar-refractivity contribution in [3.05, 3.63) is 27.5 Å². The maximum atomic E-state index is 10.2. The number of aromatic nitrogens is 2. The number of hydrogen-bond donors (Lipinski definition) is 1. The van der Waals surface area contributed by atoms with Crippen molar-refractivity contribution < 1.29 is 5.11 Å². The first-order valence-electron chi connectivity index (χ1n) is 6.62. The summed E-state index contributed by atoms with van der Waals surface area (Å²) in [6.07, 6.45) is 8.36. The van der Waals surface area contributed by atoms with Crippen molar-refractivity contribution in [2.24, 2.45) is 7.05 Å². The Morgan fingerprint density at radius 3 is 2.78 bits per heavy atom. The monoisotopic (exact) mass is 312 g/mol. The van der Waals surface area contributed by atoms with E-state index in [2.05, 4.69) is 27.1 Å². The summed E-state index contributed by atoms with van der Waals surface area (Å²) in [7, 11) is 1.93. The average Bonchev–Trinajstić information content (AvgIpc) is 2.57. The van der Waals surface area contributed by atoms with Crippen molar-refractivity contribution in [3.8, 4) is 0 Å². The Hall–Kier alpha value is -0.610. The van der Waals surface area contributed by atoms with Gasteiger partial charge in [0.15, 0.2) is 0 Å². The van der Waals surface area contributed by atoms with Crippen LogP contribution in [0.5, 0.6) is 0 Å². The van der Waals surface area contributed by atoms with Crippen LogP contribution in [0.25, 0.3) is 0 Å². The molecule has 0 amide bonds. The summed E-state index contributed by atoms with van der Waals surface area (Å²) in [5.74, 6) is 0. The number of allylic oxidation sites excluding steroid dienone is 1. The predicted molar refractivity (Wildman–Crippen MR) is 76.5 cm³/mol. The van der Waals surface area contributed by atoms with Crippen molar-refractivity contribution in [3.63, 3.8) is 0 Å². The maximum Gasteiger partial charge on any atom is 0.0738 e. The van der Waals surface area contributed by atoms with Crippen LogP contribution in [-0.4, -0.2) is 21.0 Å². The van der Waals surface area contributed by atoms with E-state index in [0.717, 1.165) is 28.7 Å². The van der Waals surface area contributed by atoms with Gasteiger partial charge in [-0.2, -0.15) is 5.10 Å². The van der Waals surface area contributed by atoms with E-state index in [-0.39, 0.29) is 6.10 Å². The third-order valence-electron chi connectivity index (χ3n) is 3.57. The molecule has 100 valence electrons. The van der Waals surface area contributed by atoms with Gasteiger partial charge in [0.2, 0.25) is 0 Å². The number of aryl methyl sites for hydroxylation is 2. The molecule has 0 saturated carbocycles. The first-order chi connectivity index (χ1) is 8.58. The Bertz CT molecular complexity index is 451. The Balaban J connectivity index is 1.98. The standard InChI is InChI=1S/C14H21BrN2O/c1-10-14(15)13(17(2)16-10)9-12(18)8-11-6-4-3-5-7-11/h6,12,18H,3-5,7-9H2,1-2H3. The number of rotatable bonds is 4. The van der Waals surface area contributed by atoms with Gasteiger partial charge in [-0.25, -0.2) is 0 Å². The fourth-order valence-electron chi connectivity index (χ4n) is 2.59. The van der Waals surface area contributed by atoms with Crippen molar-refractivity contribution >= 4 is 15.9 Å². The summed E-state index contributed by atoms with van der Waals surface area (Å²) in [5.41, 5.74) is 3.48. The zero-order valence-corrected chi connectivity index (χ0v) is 12.7. The van der Waals surface area contributed by atoms with E-state index in [9.17, 15) is 5.11 Å². The van der Waals surface area contributed by atoms with Crippen molar-refractivity contribution in [2.75, 3.05) is 0 Å². The highest BCUT2D eigenvalue weighted by Crippen LogP contribution is 2.25. The fourth-order valence-corrected chi connectivity index (χ4v) is 3.09. The summed E-state index contributed by atoms with van der Waals surface area (Å²) in [4.78, 5) is 0. The molecule has 1 aromatic rings. The van der Waals surface area contributed by atoms with Gasteiger partial charge in [-0.05, 0) is 55.0 Å². The van der Waals surface area contributed by atoms with Crippen LogP contribution in [0.3, 0.4) is 0 Å². The van der Waals surface area contributed by atoms with E-state index < -0.39 is 0 Å². The van der Waals surface area contributed by atoms with Crippen molar-refractivity contribution in [2.45, 2.75) is 51.6 Å². The molecule has 1 N–H and O–H groups in total. The maximum absolute atomic E-state index is 10.2. The molecular formula is C14H21BrN2O. The lowest BCUT2D eigenvalue weighted by Crippen LogP contribution is -2.15. The number of hydrogen-bond acceptors (Lipinski definition) is 2. The summed E-state index contributed by atoms with van der Waals surface area (Å²) >= 11 is 3.55. The number of aliphatic hydroxyl groups is 1. The Morgan fingerprint density at radius 1 is 1.44 bits per heavy atom. The van der Waals surface area contributed by atoms with Crippen LogP contribution in [0.2, 0.25) is 0 Å². The molecule has 0 bridgehead atoms. The Labute approximate surface area is 117 Å². The molecule has 18 heavy (non-hydrogen) atoms. The lowest BCUT2D eigenvalue weighted by atomic mass is 9.94. The topological polar surface area (TPSA) is 38.0 Å². The molecule has 1 unspecified atom stereocenters. The van der Waals surface area contributed by atoms with Gasteiger partial charge in [0.05, 0.1) is 22.0 Å². The highest BCUT2D eigenvalue weighted by Gasteiger charge is 2.16. The van der Waals surface area contributed by atoms with E-state index >= 15 is 0 Å². The molecule has 0 aromatic carbocycles. The zero-order valence-electron chi connectivity index (χ0n) is 11.1. The van der Waals surface area contributed by atoms with Gasteiger partial charge in [0.25, 0.3) is 0 Å². The summed E-state index contributed by atoms with van der Waals surface area (Å²) < 4.78 is 2.89. The molecule has 0 saturated heterocycles. The van der Waals surface area contributed by atoms with Crippen LogP contribution in [0.1, 0.15) is 43.5 Å². The second kappa shape index (κ2) is 6.02. The molecule has 0 aliphatic heterocycles. The van der Waals surface area contributed by atoms with E-state index in [1.165, 1.54) is 24.8 Å². The second-order valence-electron chi connectivity index (χ2n) is 5.14. The summed E-state index contributed by atoms with van der Waals surface area (Å²) in [5, 5.41) is 14.6. The van der Waals surface area contributed by atoms with E-state index in [1.54, 1.807) is 0 Å². The number of halogens is 1. The molecule has 0 spiro atoms. The van der Waals surface area contributed by atoms with Gasteiger partial charge in [-0.15, -0.1) is 0 Å². The van der Waals surface area contributed by atoms with Gasteiger partial charge < -0.3 is 5.11 Å². The molecule has 1 atom stereocenters. The van der Waals surface area contributed by atoms with Crippen molar-refractivity contribution in [1.82, 2.24) is 9.78 Å². The van der Waals surface area contributed by atoms with Crippen LogP contribution >= 0.6 is 15.9 Å². The van der Waals surface area contributed by atoms with Crippen LogP contribution < -0.4 is 0 Å². The van der Waals surface area contributed by atoms with E-state index in [1.807, 2.05) is 18.7 Å². The number of nitrogens with zero attached hydrogens (tertiary/aromatic N) is 2. The number of aliphatic hydroxyl groups excluding tert-OH is 1. The smallest absolute Gasteiger partial charge is 0.0738 e. The van der Waals surface area contributed by atoms with Crippen LogP contribution in [-0.2, 0) is 13.5 Å². The highest BCUT2D eigenvalue weighted by atomic mass is 79.9. The lowest BCUT2D eigenvalue weighted by Gasteiger charge is -2.17. The van der Waals surface area contributed by atoms with Crippen LogP contribution in [0.15, 0.2) is 16.1 Å².